The lowest BCUT2D eigenvalue weighted by atomic mass is 10.1. The second-order valence-corrected chi connectivity index (χ2v) is 9.44. The molecule has 0 atom stereocenters. The van der Waals surface area contributed by atoms with Crippen LogP contribution in [0.1, 0.15) is 36.3 Å². The molecule has 6 N–H and O–H groups in total. The highest BCUT2D eigenvalue weighted by atomic mass is 32.2. The number of nitrogens with two attached hydrogens (primary N) is 2. The SMILES string of the molecule is CNc1nnc(CCCC/C(N)=C/C=C(\N)NC(=O)Cc2cccc(OCCCSC)c2)s1. The summed E-state index contributed by atoms with van der Waals surface area (Å²) in [5, 5.41) is 15.7. The number of thioether (sulfide) groups is 1. The van der Waals surface area contributed by atoms with Gasteiger partial charge < -0.3 is 26.8 Å². The number of amides is 1. The van der Waals surface area contributed by atoms with E-state index in [1.54, 1.807) is 35.3 Å². The van der Waals surface area contributed by atoms with Crippen LogP contribution in [0.2, 0.25) is 0 Å². The summed E-state index contributed by atoms with van der Waals surface area (Å²) in [7, 11) is 1.83. The smallest absolute Gasteiger partial charge is 0.229 e. The fraction of sp³-hybridized carbons (Fsp3) is 0.435. The van der Waals surface area contributed by atoms with E-state index in [9.17, 15) is 4.79 Å². The monoisotopic (exact) mass is 490 g/mol. The molecule has 0 radical (unpaired) electrons. The number of unbranched alkanes of at least 4 members (excludes halogenated alkanes) is 1. The summed E-state index contributed by atoms with van der Waals surface area (Å²) in [6, 6.07) is 7.57. The summed E-state index contributed by atoms with van der Waals surface area (Å²) in [6.07, 6.45) is 10.2. The van der Waals surface area contributed by atoms with Crippen molar-refractivity contribution in [3.63, 3.8) is 0 Å². The second kappa shape index (κ2) is 15.2. The first-order valence-corrected chi connectivity index (χ1v) is 13.1. The maximum atomic E-state index is 12.3. The van der Waals surface area contributed by atoms with E-state index >= 15 is 0 Å². The van der Waals surface area contributed by atoms with E-state index in [0.29, 0.717) is 12.3 Å². The van der Waals surface area contributed by atoms with Crippen LogP contribution >= 0.6 is 23.1 Å². The van der Waals surface area contributed by atoms with Gasteiger partial charge in [-0.2, -0.15) is 11.8 Å². The van der Waals surface area contributed by atoms with E-state index in [1.165, 1.54) is 0 Å². The fourth-order valence-electron chi connectivity index (χ4n) is 2.91. The number of nitrogens with zero attached hydrogens (tertiary/aromatic N) is 2. The summed E-state index contributed by atoms with van der Waals surface area (Å²) < 4.78 is 5.74. The zero-order chi connectivity index (χ0) is 23.9. The van der Waals surface area contributed by atoms with Crippen molar-refractivity contribution in [3.05, 3.63) is 58.5 Å². The number of carbonyl (C=O) groups excluding carboxylic acids is 1. The van der Waals surface area contributed by atoms with Gasteiger partial charge in [-0.15, -0.1) is 10.2 Å². The van der Waals surface area contributed by atoms with Gasteiger partial charge in [0.1, 0.15) is 16.6 Å². The van der Waals surface area contributed by atoms with E-state index in [1.807, 2.05) is 31.3 Å². The summed E-state index contributed by atoms with van der Waals surface area (Å²) in [6.45, 7) is 0.666. The minimum Gasteiger partial charge on any atom is -0.494 e. The van der Waals surface area contributed by atoms with Crippen molar-refractivity contribution in [2.45, 2.75) is 38.5 Å². The number of carbonyl (C=O) groups is 1. The van der Waals surface area contributed by atoms with Gasteiger partial charge in [-0.1, -0.05) is 23.5 Å². The van der Waals surface area contributed by atoms with Gasteiger partial charge in [0.05, 0.1) is 13.0 Å². The van der Waals surface area contributed by atoms with Gasteiger partial charge in [-0.3, -0.25) is 4.79 Å². The molecule has 0 spiro atoms. The largest absolute Gasteiger partial charge is 0.494 e. The van der Waals surface area contributed by atoms with Gasteiger partial charge in [0.25, 0.3) is 0 Å². The van der Waals surface area contributed by atoms with Gasteiger partial charge in [0.2, 0.25) is 11.0 Å². The summed E-state index contributed by atoms with van der Waals surface area (Å²) in [5.41, 5.74) is 13.6. The van der Waals surface area contributed by atoms with E-state index in [2.05, 4.69) is 27.1 Å². The van der Waals surface area contributed by atoms with E-state index in [0.717, 1.165) is 59.3 Å². The maximum absolute atomic E-state index is 12.3. The van der Waals surface area contributed by atoms with Crippen LogP contribution in [0.4, 0.5) is 5.13 Å². The number of aromatic nitrogens is 2. The van der Waals surface area contributed by atoms with Crippen molar-refractivity contribution < 1.29 is 9.53 Å². The number of ether oxygens (including phenoxy) is 1. The first-order valence-electron chi connectivity index (χ1n) is 10.9. The van der Waals surface area contributed by atoms with Crippen LogP contribution in [0.25, 0.3) is 0 Å². The highest BCUT2D eigenvalue weighted by molar-refractivity contribution is 7.98. The van der Waals surface area contributed by atoms with Crippen LogP contribution in [-0.2, 0) is 17.6 Å². The number of rotatable bonds is 15. The molecule has 2 rings (SSSR count). The molecule has 1 aromatic heterocycles. The molecule has 0 bridgehead atoms. The summed E-state index contributed by atoms with van der Waals surface area (Å²) in [4.78, 5) is 12.3. The third-order valence-corrected chi connectivity index (χ3v) is 6.27. The molecule has 0 aliphatic rings. The Bertz CT molecular complexity index is 929. The molecule has 33 heavy (non-hydrogen) atoms. The molecule has 2 aromatic rings. The van der Waals surface area contributed by atoms with Gasteiger partial charge in [-0.25, -0.2) is 0 Å². The summed E-state index contributed by atoms with van der Waals surface area (Å²) in [5.74, 6) is 1.91. The van der Waals surface area contributed by atoms with Crippen molar-refractivity contribution in [3.8, 4) is 5.75 Å². The molecule has 0 saturated heterocycles. The van der Waals surface area contributed by atoms with Crippen molar-refractivity contribution in [2.24, 2.45) is 11.5 Å². The lowest BCUT2D eigenvalue weighted by molar-refractivity contribution is -0.119. The Morgan fingerprint density at radius 1 is 1.21 bits per heavy atom. The van der Waals surface area contributed by atoms with Gasteiger partial charge >= 0.3 is 0 Å². The Balaban J connectivity index is 1.70. The number of anilines is 1. The number of hydrogen-bond donors (Lipinski definition) is 4. The molecule has 180 valence electrons. The topological polar surface area (TPSA) is 128 Å². The fourth-order valence-corrected chi connectivity index (χ4v) is 4.05. The molecule has 1 heterocycles. The number of benzene rings is 1. The third kappa shape index (κ3) is 11.1. The van der Waals surface area contributed by atoms with Crippen LogP contribution in [0.15, 0.2) is 47.9 Å². The number of nitrogens with one attached hydrogen (secondary N) is 2. The number of hydrogen-bond acceptors (Lipinski definition) is 9. The van der Waals surface area contributed by atoms with Gasteiger partial charge in [-0.05, 0) is 67.5 Å². The van der Waals surface area contributed by atoms with Crippen LogP contribution in [0.3, 0.4) is 0 Å². The quantitative estimate of drug-likeness (QED) is 0.221. The summed E-state index contributed by atoms with van der Waals surface area (Å²) >= 11 is 3.36. The molecule has 0 unspecified atom stereocenters. The van der Waals surface area contributed by atoms with Gasteiger partial charge in [0.15, 0.2) is 0 Å². The Morgan fingerprint density at radius 2 is 2.06 bits per heavy atom. The van der Waals surface area contributed by atoms with Crippen molar-refractivity contribution in [2.75, 3.05) is 31.0 Å². The highest BCUT2D eigenvalue weighted by Crippen LogP contribution is 2.17. The maximum Gasteiger partial charge on any atom is 0.229 e. The Labute approximate surface area is 204 Å². The standard InChI is InChI=1S/C23H34N6O2S2/c1-26-23-29-28-22(33-23)10-4-3-8-18(24)11-12-20(25)27-21(30)16-17-7-5-9-19(15-17)31-13-6-14-32-2/h5,7,9,11-12,15H,3-4,6,8,10,13-14,16,24-25H2,1-2H3,(H,26,29)(H,27,30)/b18-11-,20-12+. The minimum absolute atomic E-state index is 0.187. The lowest BCUT2D eigenvalue weighted by Crippen LogP contribution is -2.28. The molecule has 1 aromatic carbocycles. The molecular weight excluding hydrogens is 456 g/mol. The molecular formula is C23H34N6O2S2. The third-order valence-electron chi connectivity index (χ3n) is 4.57. The van der Waals surface area contributed by atoms with Crippen LogP contribution in [0, 0.1) is 0 Å². The molecule has 8 nitrogen and oxygen atoms in total. The normalized spacial score (nSPS) is 11.9. The minimum atomic E-state index is -0.187. The molecule has 0 aliphatic heterocycles. The van der Waals surface area contributed by atoms with E-state index < -0.39 is 0 Å². The highest BCUT2D eigenvalue weighted by Gasteiger charge is 2.06. The number of allylic oxidation sites excluding steroid dienone is 3. The van der Waals surface area contributed by atoms with E-state index in [-0.39, 0.29) is 18.1 Å². The second-order valence-electron chi connectivity index (χ2n) is 7.39. The van der Waals surface area contributed by atoms with E-state index in [4.69, 9.17) is 16.2 Å². The Morgan fingerprint density at radius 3 is 2.82 bits per heavy atom. The molecule has 10 heteroatoms. The average molecular weight is 491 g/mol. The lowest BCUT2D eigenvalue weighted by Gasteiger charge is -2.08. The van der Waals surface area contributed by atoms with Crippen LogP contribution in [-0.4, -0.2) is 41.8 Å². The average Bonchev–Trinajstić information content (AvgIpc) is 3.26. The first kappa shape index (κ1) is 26.5. The molecule has 0 fully saturated rings. The zero-order valence-corrected chi connectivity index (χ0v) is 20.9. The predicted octanol–water partition coefficient (Wildman–Crippen LogP) is 3.43. The van der Waals surface area contributed by atoms with Crippen molar-refractivity contribution in [1.82, 2.24) is 15.5 Å². The first-order chi connectivity index (χ1) is 16.0. The Hall–Kier alpha value is -2.72. The van der Waals surface area contributed by atoms with Crippen molar-refractivity contribution >= 4 is 34.1 Å². The zero-order valence-electron chi connectivity index (χ0n) is 19.3. The van der Waals surface area contributed by atoms with Crippen molar-refractivity contribution in [1.29, 1.82) is 0 Å². The predicted molar refractivity (Wildman–Crippen MR) is 138 cm³/mol. The molecule has 1 amide bonds. The molecule has 0 aliphatic carbocycles. The van der Waals surface area contributed by atoms with Crippen LogP contribution in [0.5, 0.6) is 5.75 Å². The molecule has 0 saturated carbocycles. The van der Waals surface area contributed by atoms with Gasteiger partial charge in [0, 0.05) is 19.2 Å². The Kier molecular flexibility index (Phi) is 12.2. The number of aryl methyl sites for hydroxylation is 1. The van der Waals surface area contributed by atoms with Crippen LogP contribution < -0.4 is 26.8 Å².